The maximum absolute atomic E-state index is 12.7. The number of nitrogens with zero attached hydrogens (tertiary/aromatic N) is 1. The summed E-state index contributed by atoms with van der Waals surface area (Å²) in [4.78, 5) is 25.5. The van der Waals surface area contributed by atoms with Gasteiger partial charge in [-0.15, -0.1) is 0 Å². The molecule has 0 aromatic heterocycles. The zero-order valence-corrected chi connectivity index (χ0v) is 12.7. The van der Waals surface area contributed by atoms with E-state index in [4.69, 9.17) is 0 Å². The molecule has 0 unspecified atom stereocenters. The van der Waals surface area contributed by atoms with Crippen molar-refractivity contribution in [3.63, 3.8) is 0 Å². The summed E-state index contributed by atoms with van der Waals surface area (Å²) in [5.74, 6) is -0.129. The number of Topliss-reactive ketones (excluding diaryl/α,β-unsaturated/α-hetero) is 1. The lowest BCUT2D eigenvalue weighted by Crippen LogP contribution is -2.24. The molecule has 1 aromatic rings. The molecule has 3 nitrogen and oxygen atoms in total. The van der Waals surface area contributed by atoms with Gasteiger partial charge in [0.15, 0.2) is 0 Å². The molecule has 1 heterocycles. The van der Waals surface area contributed by atoms with Gasteiger partial charge in [0.1, 0.15) is 6.29 Å². The highest BCUT2D eigenvalue weighted by Crippen LogP contribution is 2.25. The lowest BCUT2D eigenvalue weighted by atomic mass is 10.0. The summed E-state index contributed by atoms with van der Waals surface area (Å²) in [5.41, 5.74) is 2.08. The summed E-state index contributed by atoms with van der Waals surface area (Å²) in [6.07, 6.45) is 9.79. The summed E-state index contributed by atoms with van der Waals surface area (Å²) in [6.45, 7) is 6.03. The lowest BCUT2D eigenvalue weighted by molar-refractivity contribution is -0.104. The molecule has 1 aromatic carbocycles. The normalized spacial score (nSPS) is 14.8. The van der Waals surface area contributed by atoms with E-state index in [2.05, 4.69) is 13.5 Å². The van der Waals surface area contributed by atoms with E-state index < -0.39 is 0 Å². The third-order valence-corrected chi connectivity index (χ3v) is 3.32. The van der Waals surface area contributed by atoms with Gasteiger partial charge >= 0.3 is 0 Å². The first-order valence-corrected chi connectivity index (χ1v) is 7.30. The first-order chi connectivity index (χ1) is 10.7. The second-order valence-corrected chi connectivity index (χ2v) is 5.02. The van der Waals surface area contributed by atoms with Crippen molar-refractivity contribution in [2.45, 2.75) is 19.8 Å². The van der Waals surface area contributed by atoms with E-state index in [0.717, 1.165) is 19.1 Å². The fourth-order valence-electron chi connectivity index (χ4n) is 2.19. The van der Waals surface area contributed by atoms with Crippen LogP contribution in [0.25, 0.3) is 0 Å². The van der Waals surface area contributed by atoms with Crippen LogP contribution in [0.5, 0.6) is 0 Å². The average Bonchev–Trinajstić information content (AvgIpc) is 2.56. The maximum atomic E-state index is 12.7. The molecule has 0 fully saturated rings. The van der Waals surface area contributed by atoms with Gasteiger partial charge in [0.25, 0.3) is 0 Å². The van der Waals surface area contributed by atoms with E-state index >= 15 is 0 Å². The van der Waals surface area contributed by atoms with Gasteiger partial charge in [0.05, 0.1) is 5.70 Å². The lowest BCUT2D eigenvalue weighted by Gasteiger charge is -2.26. The molecule has 22 heavy (non-hydrogen) atoms. The van der Waals surface area contributed by atoms with Gasteiger partial charge < -0.3 is 4.90 Å². The molecule has 0 bridgehead atoms. The monoisotopic (exact) mass is 293 g/mol. The van der Waals surface area contributed by atoms with Crippen LogP contribution in [0, 0.1) is 0 Å². The summed E-state index contributed by atoms with van der Waals surface area (Å²) in [6, 6.07) is 9.02. The van der Waals surface area contributed by atoms with Crippen LogP contribution in [-0.4, -0.2) is 17.0 Å². The van der Waals surface area contributed by atoms with Crippen molar-refractivity contribution in [3.8, 4) is 0 Å². The van der Waals surface area contributed by atoms with Crippen molar-refractivity contribution in [3.05, 3.63) is 83.9 Å². The van der Waals surface area contributed by atoms with Crippen LogP contribution < -0.4 is 0 Å². The van der Waals surface area contributed by atoms with Gasteiger partial charge in [-0.1, -0.05) is 56.3 Å². The first-order valence-electron chi connectivity index (χ1n) is 7.30. The molecule has 0 saturated heterocycles. The Morgan fingerprint density at radius 2 is 1.95 bits per heavy atom. The molecule has 1 aliphatic heterocycles. The van der Waals surface area contributed by atoms with Crippen molar-refractivity contribution in [2.75, 3.05) is 0 Å². The first kappa shape index (κ1) is 15.7. The Bertz CT molecular complexity index is 666. The zero-order chi connectivity index (χ0) is 15.9. The number of hydrogen-bond donors (Lipinski definition) is 0. The maximum Gasteiger partial charge on any atom is 0.209 e. The molecule has 0 N–H and O–H groups in total. The van der Waals surface area contributed by atoms with Gasteiger partial charge in [-0.2, -0.15) is 0 Å². The minimum atomic E-state index is -0.129. The molecule has 0 radical (unpaired) electrons. The number of allylic oxidation sites excluding steroid dienone is 5. The molecule has 0 aliphatic carbocycles. The second-order valence-electron chi connectivity index (χ2n) is 5.02. The average molecular weight is 293 g/mol. The van der Waals surface area contributed by atoms with E-state index in [0.29, 0.717) is 22.5 Å². The van der Waals surface area contributed by atoms with E-state index in [-0.39, 0.29) is 5.78 Å². The van der Waals surface area contributed by atoms with Gasteiger partial charge in [0, 0.05) is 23.0 Å². The van der Waals surface area contributed by atoms with Crippen molar-refractivity contribution in [1.29, 1.82) is 0 Å². The quantitative estimate of drug-likeness (QED) is 0.587. The van der Waals surface area contributed by atoms with E-state index in [1.807, 2.05) is 30.5 Å². The predicted octanol–water partition coefficient (Wildman–Crippen LogP) is 4.02. The number of carbonyl (C=O) groups is 2. The van der Waals surface area contributed by atoms with Gasteiger partial charge in [-0.25, -0.2) is 0 Å². The Hall–Kier alpha value is -2.68. The van der Waals surface area contributed by atoms with Crippen LogP contribution in [0.3, 0.4) is 0 Å². The number of hydrogen-bond acceptors (Lipinski definition) is 3. The summed E-state index contributed by atoms with van der Waals surface area (Å²) in [5, 5.41) is 0. The number of ketones is 1. The molecular formula is C19H19NO2. The number of benzene rings is 1. The van der Waals surface area contributed by atoms with Gasteiger partial charge in [0.2, 0.25) is 5.78 Å². The van der Waals surface area contributed by atoms with Gasteiger partial charge in [-0.05, 0) is 18.6 Å². The van der Waals surface area contributed by atoms with Crippen molar-refractivity contribution in [1.82, 2.24) is 4.90 Å². The highest BCUT2D eigenvalue weighted by molar-refractivity contribution is 6.09. The Morgan fingerprint density at radius 3 is 2.59 bits per heavy atom. The number of unbranched alkanes of at least 4 members (excludes halogenated alkanes) is 1. The van der Waals surface area contributed by atoms with E-state index in [1.165, 1.54) is 0 Å². The zero-order valence-electron chi connectivity index (χ0n) is 12.7. The van der Waals surface area contributed by atoms with Crippen LogP contribution in [0.1, 0.15) is 30.1 Å². The largest absolute Gasteiger partial charge is 0.315 e. The Morgan fingerprint density at radius 1 is 1.23 bits per heavy atom. The molecular weight excluding hydrogens is 274 g/mol. The Balaban J connectivity index is 2.39. The summed E-state index contributed by atoms with van der Waals surface area (Å²) >= 11 is 0. The Labute approximate surface area is 130 Å². The molecule has 2 rings (SSSR count). The third kappa shape index (κ3) is 3.50. The SMILES string of the molecule is C=C1C=C(C=O)C=C(C(=O)c2ccccc2)N1/C=C\CCC. The number of rotatable bonds is 6. The topological polar surface area (TPSA) is 37.4 Å². The fourth-order valence-corrected chi connectivity index (χ4v) is 2.19. The van der Waals surface area contributed by atoms with Crippen LogP contribution in [-0.2, 0) is 4.79 Å². The van der Waals surface area contributed by atoms with Crippen LogP contribution in [0.15, 0.2) is 78.3 Å². The minimum absolute atomic E-state index is 0.129. The number of carbonyl (C=O) groups excluding carboxylic acids is 2. The second kappa shape index (κ2) is 7.36. The van der Waals surface area contributed by atoms with Crippen LogP contribution in [0.2, 0.25) is 0 Å². The van der Waals surface area contributed by atoms with Crippen molar-refractivity contribution < 1.29 is 9.59 Å². The van der Waals surface area contributed by atoms with E-state index in [1.54, 1.807) is 29.2 Å². The summed E-state index contributed by atoms with van der Waals surface area (Å²) < 4.78 is 0. The van der Waals surface area contributed by atoms with Crippen molar-refractivity contribution in [2.24, 2.45) is 0 Å². The standard InChI is InChI=1S/C19H19NO2/c1-3-4-8-11-20-15(2)12-16(14-21)13-18(20)19(22)17-9-6-5-7-10-17/h5-14H,2-4H2,1H3/b11-8-. The van der Waals surface area contributed by atoms with E-state index in [9.17, 15) is 9.59 Å². The molecule has 112 valence electrons. The van der Waals surface area contributed by atoms with Crippen molar-refractivity contribution >= 4 is 12.1 Å². The highest BCUT2D eigenvalue weighted by atomic mass is 16.1. The molecule has 1 aliphatic rings. The summed E-state index contributed by atoms with van der Waals surface area (Å²) in [7, 11) is 0. The smallest absolute Gasteiger partial charge is 0.209 e. The molecule has 0 amide bonds. The predicted molar refractivity (Wildman–Crippen MR) is 88.0 cm³/mol. The fraction of sp³-hybridized carbons (Fsp3) is 0.158. The van der Waals surface area contributed by atoms with Gasteiger partial charge in [-0.3, -0.25) is 9.59 Å². The minimum Gasteiger partial charge on any atom is -0.315 e. The highest BCUT2D eigenvalue weighted by Gasteiger charge is 2.22. The third-order valence-electron chi connectivity index (χ3n) is 3.32. The molecule has 3 heteroatoms. The van der Waals surface area contributed by atoms with Crippen LogP contribution >= 0.6 is 0 Å². The molecule has 0 spiro atoms. The van der Waals surface area contributed by atoms with Crippen LogP contribution in [0.4, 0.5) is 0 Å². The Kier molecular flexibility index (Phi) is 5.26. The molecule has 0 saturated carbocycles. The number of aldehydes is 1. The molecule has 0 atom stereocenters.